The SMILES string of the molecule is Cn1cccc1C(=O)OCC(=O)Nc1c(C#N)cnn1-c1ccccc1. The molecule has 3 aromatic rings. The maximum Gasteiger partial charge on any atom is 0.355 e. The first-order chi connectivity index (χ1) is 12.6. The van der Waals surface area contributed by atoms with E-state index >= 15 is 0 Å². The number of aryl methyl sites for hydroxylation is 1. The molecule has 1 N–H and O–H groups in total. The molecular weight excluding hydrogens is 334 g/mol. The first-order valence-corrected chi connectivity index (χ1v) is 7.72. The van der Waals surface area contributed by atoms with Crippen LogP contribution < -0.4 is 5.32 Å². The number of anilines is 1. The lowest BCUT2D eigenvalue weighted by Gasteiger charge is -2.10. The maximum absolute atomic E-state index is 12.2. The Morgan fingerprint density at radius 3 is 2.65 bits per heavy atom. The van der Waals surface area contributed by atoms with Crippen LogP contribution in [0.5, 0.6) is 0 Å². The molecule has 0 spiro atoms. The van der Waals surface area contributed by atoms with Crippen molar-refractivity contribution in [2.75, 3.05) is 11.9 Å². The normalized spacial score (nSPS) is 10.2. The van der Waals surface area contributed by atoms with E-state index in [1.165, 1.54) is 10.9 Å². The van der Waals surface area contributed by atoms with Gasteiger partial charge in [0.2, 0.25) is 0 Å². The fourth-order valence-electron chi connectivity index (χ4n) is 2.36. The fraction of sp³-hybridized carbons (Fsp3) is 0.111. The van der Waals surface area contributed by atoms with Crippen LogP contribution in [0.1, 0.15) is 16.1 Å². The van der Waals surface area contributed by atoms with Gasteiger partial charge in [0.25, 0.3) is 5.91 Å². The van der Waals surface area contributed by atoms with Crippen LogP contribution in [0, 0.1) is 11.3 Å². The van der Waals surface area contributed by atoms with Gasteiger partial charge in [0.05, 0.1) is 11.9 Å². The number of para-hydroxylation sites is 1. The highest BCUT2D eigenvalue weighted by molar-refractivity contribution is 5.95. The smallest absolute Gasteiger partial charge is 0.355 e. The molecule has 1 amide bonds. The van der Waals surface area contributed by atoms with Gasteiger partial charge in [0.15, 0.2) is 12.4 Å². The van der Waals surface area contributed by atoms with Gasteiger partial charge in [-0.25, -0.2) is 9.48 Å². The lowest BCUT2D eigenvalue weighted by atomic mass is 10.3. The average Bonchev–Trinajstić information content (AvgIpc) is 3.26. The van der Waals surface area contributed by atoms with E-state index in [9.17, 15) is 14.9 Å². The number of esters is 1. The van der Waals surface area contributed by atoms with E-state index in [0.29, 0.717) is 11.4 Å². The summed E-state index contributed by atoms with van der Waals surface area (Å²) in [6.45, 7) is -0.477. The molecule has 2 aromatic heterocycles. The zero-order chi connectivity index (χ0) is 18.5. The van der Waals surface area contributed by atoms with Gasteiger partial charge < -0.3 is 14.6 Å². The Morgan fingerprint density at radius 1 is 1.23 bits per heavy atom. The van der Waals surface area contributed by atoms with Gasteiger partial charge in [0, 0.05) is 13.2 Å². The number of nitrogens with one attached hydrogen (secondary N) is 1. The highest BCUT2D eigenvalue weighted by Crippen LogP contribution is 2.19. The van der Waals surface area contributed by atoms with Crippen LogP contribution in [-0.2, 0) is 16.6 Å². The number of ether oxygens (including phenoxy) is 1. The molecule has 0 saturated carbocycles. The van der Waals surface area contributed by atoms with Gasteiger partial charge in [0.1, 0.15) is 17.3 Å². The van der Waals surface area contributed by atoms with Crippen molar-refractivity contribution in [2.24, 2.45) is 7.05 Å². The summed E-state index contributed by atoms with van der Waals surface area (Å²) in [4.78, 5) is 24.1. The number of carbonyl (C=O) groups excluding carboxylic acids is 2. The number of rotatable bonds is 5. The standard InChI is InChI=1S/C18H15N5O3/c1-22-9-5-8-15(22)18(25)26-12-16(24)21-17-13(10-19)11-20-23(17)14-6-3-2-4-7-14/h2-9,11H,12H2,1H3,(H,21,24). The Hall–Kier alpha value is -3.86. The van der Waals surface area contributed by atoms with E-state index in [1.807, 2.05) is 24.3 Å². The Balaban J connectivity index is 1.72. The Labute approximate surface area is 149 Å². The second-order valence-electron chi connectivity index (χ2n) is 5.39. The third kappa shape index (κ3) is 3.47. The van der Waals surface area contributed by atoms with Crippen LogP contribution >= 0.6 is 0 Å². The lowest BCUT2D eigenvalue weighted by molar-refractivity contribution is -0.119. The van der Waals surface area contributed by atoms with Gasteiger partial charge in [-0.05, 0) is 24.3 Å². The molecule has 0 atom stereocenters. The molecule has 2 heterocycles. The van der Waals surface area contributed by atoms with E-state index in [0.717, 1.165) is 0 Å². The number of carbonyl (C=O) groups is 2. The van der Waals surface area contributed by atoms with E-state index in [4.69, 9.17) is 4.74 Å². The lowest BCUT2D eigenvalue weighted by Crippen LogP contribution is -2.23. The minimum absolute atomic E-state index is 0.205. The third-order valence-electron chi connectivity index (χ3n) is 3.64. The second kappa shape index (κ2) is 7.36. The molecular formula is C18H15N5O3. The number of nitriles is 1. The summed E-state index contributed by atoms with van der Waals surface area (Å²) in [5, 5.41) is 15.9. The van der Waals surface area contributed by atoms with E-state index in [-0.39, 0.29) is 11.4 Å². The zero-order valence-corrected chi connectivity index (χ0v) is 13.9. The van der Waals surface area contributed by atoms with Crippen LogP contribution in [0.25, 0.3) is 5.69 Å². The summed E-state index contributed by atoms with van der Waals surface area (Å²) < 4.78 is 8.05. The molecule has 0 fully saturated rings. The quantitative estimate of drug-likeness (QED) is 0.709. The maximum atomic E-state index is 12.2. The molecule has 1 aromatic carbocycles. The van der Waals surface area contributed by atoms with Gasteiger partial charge >= 0.3 is 5.97 Å². The van der Waals surface area contributed by atoms with Gasteiger partial charge in [-0.2, -0.15) is 10.4 Å². The van der Waals surface area contributed by atoms with Crippen LogP contribution in [0.2, 0.25) is 0 Å². The van der Waals surface area contributed by atoms with E-state index < -0.39 is 18.5 Å². The molecule has 0 unspecified atom stereocenters. The molecule has 0 aliphatic carbocycles. The Bertz CT molecular complexity index is 982. The van der Waals surface area contributed by atoms with E-state index in [2.05, 4.69) is 10.4 Å². The van der Waals surface area contributed by atoms with Crippen LogP contribution in [0.15, 0.2) is 54.9 Å². The Morgan fingerprint density at radius 2 is 2.00 bits per heavy atom. The summed E-state index contributed by atoms with van der Waals surface area (Å²) in [5.74, 6) is -0.954. The van der Waals surface area contributed by atoms with Gasteiger partial charge in [-0.3, -0.25) is 4.79 Å². The van der Waals surface area contributed by atoms with Crippen molar-refractivity contribution in [1.82, 2.24) is 14.3 Å². The van der Waals surface area contributed by atoms with Crippen LogP contribution in [0.3, 0.4) is 0 Å². The van der Waals surface area contributed by atoms with Crippen molar-refractivity contribution in [2.45, 2.75) is 0 Å². The summed E-state index contributed by atoms with van der Waals surface area (Å²) in [7, 11) is 1.70. The first-order valence-electron chi connectivity index (χ1n) is 7.72. The summed E-state index contributed by atoms with van der Waals surface area (Å²) >= 11 is 0. The highest BCUT2D eigenvalue weighted by atomic mass is 16.5. The molecule has 0 saturated heterocycles. The number of benzene rings is 1. The summed E-state index contributed by atoms with van der Waals surface area (Å²) in [6.07, 6.45) is 3.06. The van der Waals surface area contributed by atoms with Crippen molar-refractivity contribution in [3.05, 3.63) is 66.1 Å². The summed E-state index contributed by atoms with van der Waals surface area (Å²) in [6, 6.07) is 14.3. The fourth-order valence-corrected chi connectivity index (χ4v) is 2.36. The minimum Gasteiger partial charge on any atom is -0.451 e. The van der Waals surface area contributed by atoms with Crippen molar-refractivity contribution in [3.8, 4) is 11.8 Å². The molecule has 26 heavy (non-hydrogen) atoms. The molecule has 0 radical (unpaired) electrons. The third-order valence-corrected chi connectivity index (χ3v) is 3.64. The Kier molecular flexibility index (Phi) is 4.80. The summed E-state index contributed by atoms with van der Waals surface area (Å²) in [5.41, 5.74) is 1.23. The molecule has 0 aliphatic rings. The van der Waals surface area contributed by atoms with Crippen molar-refractivity contribution in [1.29, 1.82) is 5.26 Å². The molecule has 0 aliphatic heterocycles. The molecule has 8 heteroatoms. The van der Waals surface area contributed by atoms with Crippen molar-refractivity contribution < 1.29 is 14.3 Å². The number of aromatic nitrogens is 3. The molecule has 3 rings (SSSR count). The molecule has 130 valence electrons. The first kappa shape index (κ1) is 17.0. The van der Waals surface area contributed by atoms with Gasteiger partial charge in [-0.1, -0.05) is 18.2 Å². The number of nitrogens with zero attached hydrogens (tertiary/aromatic N) is 4. The molecule has 0 bridgehead atoms. The van der Waals surface area contributed by atoms with Gasteiger partial charge in [-0.15, -0.1) is 0 Å². The predicted octanol–water partition coefficient (Wildman–Crippen LogP) is 1.88. The van der Waals surface area contributed by atoms with Crippen molar-refractivity contribution >= 4 is 17.7 Å². The monoisotopic (exact) mass is 349 g/mol. The molecule has 8 nitrogen and oxygen atoms in total. The predicted molar refractivity (Wildman–Crippen MR) is 92.6 cm³/mol. The van der Waals surface area contributed by atoms with E-state index in [1.54, 1.807) is 42.1 Å². The number of hydrogen-bond acceptors (Lipinski definition) is 5. The van der Waals surface area contributed by atoms with Crippen LogP contribution in [-0.4, -0.2) is 32.8 Å². The van der Waals surface area contributed by atoms with Crippen molar-refractivity contribution in [3.63, 3.8) is 0 Å². The number of hydrogen-bond donors (Lipinski definition) is 1. The zero-order valence-electron chi connectivity index (χ0n) is 13.9. The highest BCUT2D eigenvalue weighted by Gasteiger charge is 2.17. The second-order valence-corrected chi connectivity index (χ2v) is 5.39. The topological polar surface area (TPSA) is 102 Å². The average molecular weight is 349 g/mol. The minimum atomic E-state index is -0.607. The van der Waals surface area contributed by atoms with Crippen LogP contribution in [0.4, 0.5) is 5.82 Å². The largest absolute Gasteiger partial charge is 0.451 e. The number of amides is 1.